The minimum atomic E-state index is -0.290. The van der Waals surface area contributed by atoms with Crippen LogP contribution in [-0.2, 0) is 0 Å². The highest BCUT2D eigenvalue weighted by Gasteiger charge is 2.23. The minimum Gasteiger partial charge on any atom is -0.494 e. The van der Waals surface area contributed by atoms with E-state index in [4.69, 9.17) is 4.74 Å². The van der Waals surface area contributed by atoms with Crippen molar-refractivity contribution in [1.29, 1.82) is 0 Å². The van der Waals surface area contributed by atoms with Crippen LogP contribution >= 0.6 is 0 Å². The van der Waals surface area contributed by atoms with E-state index in [1.54, 1.807) is 12.1 Å². The smallest absolute Gasteiger partial charge is 0.165 e. The van der Waals surface area contributed by atoms with Crippen molar-refractivity contribution in [3.05, 3.63) is 29.6 Å². The van der Waals surface area contributed by atoms with Gasteiger partial charge in [0.1, 0.15) is 0 Å². The molecule has 1 aromatic rings. The molecule has 2 rings (SSSR count). The van der Waals surface area contributed by atoms with Gasteiger partial charge in [0.25, 0.3) is 0 Å². The van der Waals surface area contributed by atoms with Gasteiger partial charge in [-0.2, -0.15) is 0 Å². The number of rotatable bonds is 5. The highest BCUT2D eigenvalue weighted by molar-refractivity contribution is 5.30. The molecule has 1 aliphatic rings. The Morgan fingerprint density at radius 1 is 1.26 bits per heavy atom. The second-order valence-electron chi connectivity index (χ2n) is 5.62. The lowest BCUT2D eigenvalue weighted by Gasteiger charge is -2.25. The molecule has 2 unspecified atom stereocenters. The number of nitrogens with one attached hydrogen (secondary N) is 1. The highest BCUT2D eigenvalue weighted by atomic mass is 19.1. The van der Waals surface area contributed by atoms with Gasteiger partial charge in [-0.15, -0.1) is 0 Å². The van der Waals surface area contributed by atoms with Gasteiger partial charge in [-0.3, -0.25) is 0 Å². The second kappa shape index (κ2) is 6.38. The van der Waals surface area contributed by atoms with Crippen LogP contribution in [0.25, 0.3) is 0 Å². The van der Waals surface area contributed by atoms with Crippen molar-refractivity contribution >= 4 is 0 Å². The second-order valence-corrected chi connectivity index (χ2v) is 5.62. The summed E-state index contributed by atoms with van der Waals surface area (Å²) in [4.78, 5) is 0. The Morgan fingerprint density at radius 2 is 1.95 bits per heavy atom. The standard InChI is InChI=1S/C16H24FNO/c1-11(13-6-4-5-7-13)18-12(2)14-8-9-16(19-3)15(17)10-14/h8-13,18H,4-7H2,1-3H3. The molecule has 2 nitrogen and oxygen atoms in total. The molecule has 106 valence electrons. The zero-order valence-corrected chi connectivity index (χ0v) is 12.1. The zero-order valence-electron chi connectivity index (χ0n) is 12.1. The molecule has 0 radical (unpaired) electrons. The fraction of sp³-hybridized carbons (Fsp3) is 0.625. The maximum atomic E-state index is 13.7. The van der Waals surface area contributed by atoms with Crippen molar-refractivity contribution in [2.75, 3.05) is 7.11 Å². The first-order valence-corrected chi connectivity index (χ1v) is 7.21. The molecule has 0 spiro atoms. The van der Waals surface area contributed by atoms with Crippen LogP contribution in [0, 0.1) is 11.7 Å². The summed E-state index contributed by atoms with van der Waals surface area (Å²) in [5, 5.41) is 3.60. The summed E-state index contributed by atoms with van der Waals surface area (Å²) in [7, 11) is 1.49. The van der Waals surface area contributed by atoms with Crippen molar-refractivity contribution in [3.8, 4) is 5.75 Å². The average Bonchev–Trinajstić information content (AvgIpc) is 2.92. The van der Waals surface area contributed by atoms with Gasteiger partial charge in [-0.25, -0.2) is 4.39 Å². The first-order chi connectivity index (χ1) is 9.11. The number of halogens is 1. The van der Waals surface area contributed by atoms with Gasteiger partial charge in [0.2, 0.25) is 0 Å². The quantitative estimate of drug-likeness (QED) is 0.866. The van der Waals surface area contributed by atoms with E-state index in [1.807, 2.05) is 6.07 Å². The van der Waals surface area contributed by atoms with Crippen molar-refractivity contribution in [2.45, 2.75) is 51.6 Å². The molecule has 0 saturated heterocycles. The van der Waals surface area contributed by atoms with Gasteiger partial charge in [0.15, 0.2) is 11.6 Å². The molecule has 1 aliphatic carbocycles. The normalized spacial score (nSPS) is 19.4. The number of hydrogen-bond donors (Lipinski definition) is 1. The number of ether oxygens (including phenoxy) is 1. The molecule has 1 aromatic carbocycles. The Balaban J connectivity index is 1.98. The Labute approximate surface area is 115 Å². The lowest BCUT2D eigenvalue weighted by molar-refractivity contribution is 0.351. The largest absolute Gasteiger partial charge is 0.494 e. The third-order valence-electron chi connectivity index (χ3n) is 4.30. The third-order valence-corrected chi connectivity index (χ3v) is 4.30. The van der Waals surface area contributed by atoms with Gasteiger partial charge in [-0.05, 0) is 50.3 Å². The Bertz CT molecular complexity index is 415. The van der Waals surface area contributed by atoms with Crippen LogP contribution in [-0.4, -0.2) is 13.2 Å². The number of benzene rings is 1. The van der Waals surface area contributed by atoms with E-state index in [1.165, 1.54) is 32.8 Å². The van der Waals surface area contributed by atoms with Gasteiger partial charge in [-0.1, -0.05) is 18.9 Å². The van der Waals surface area contributed by atoms with Gasteiger partial charge in [0.05, 0.1) is 7.11 Å². The number of methoxy groups -OCH3 is 1. The lowest BCUT2D eigenvalue weighted by atomic mass is 9.98. The van der Waals surface area contributed by atoms with Crippen LogP contribution in [0.5, 0.6) is 5.75 Å². The fourth-order valence-electron chi connectivity index (χ4n) is 3.04. The number of hydrogen-bond acceptors (Lipinski definition) is 2. The third kappa shape index (κ3) is 3.47. The van der Waals surface area contributed by atoms with E-state index < -0.39 is 0 Å². The first kappa shape index (κ1) is 14.3. The summed E-state index contributed by atoms with van der Waals surface area (Å²) in [5.41, 5.74) is 0.975. The molecule has 1 N–H and O–H groups in total. The van der Waals surface area contributed by atoms with Gasteiger partial charge < -0.3 is 10.1 Å². The van der Waals surface area contributed by atoms with E-state index in [-0.39, 0.29) is 11.9 Å². The SMILES string of the molecule is COc1ccc(C(C)NC(C)C2CCCC2)cc1F. The molecule has 0 heterocycles. The maximum absolute atomic E-state index is 13.7. The Morgan fingerprint density at radius 3 is 2.53 bits per heavy atom. The highest BCUT2D eigenvalue weighted by Crippen LogP contribution is 2.29. The maximum Gasteiger partial charge on any atom is 0.165 e. The van der Waals surface area contributed by atoms with Crippen molar-refractivity contribution in [3.63, 3.8) is 0 Å². The van der Waals surface area contributed by atoms with Crippen LogP contribution in [0.3, 0.4) is 0 Å². The van der Waals surface area contributed by atoms with Gasteiger partial charge >= 0.3 is 0 Å². The van der Waals surface area contributed by atoms with E-state index in [9.17, 15) is 4.39 Å². The molecule has 3 heteroatoms. The van der Waals surface area contributed by atoms with Crippen molar-refractivity contribution in [1.82, 2.24) is 5.32 Å². The zero-order chi connectivity index (χ0) is 13.8. The molecule has 1 saturated carbocycles. The predicted molar refractivity (Wildman–Crippen MR) is 75.9 cm³/mol. The molecule has 0 aliphatic heterocycles. The molecular formula is C16H24FNO. The van der Waals surface area contributed by atoms with Crippen LogP contribution in [0.15, 0.2) is 18.2 Å². The van der Waals surface area contributed by atoms with Crippen LogP contribution in [0.1, 0.15) is 51.1 Å². The summed E-state index contributed by atoms with van der Waals surface area (Å²) in [5.74, 6) is 0.785. The lowest BCUT2D eigenvalue weighted by Crippen LogP contribution is -2.34. The van der Waals surface area contributed by atoms with E-state index >= 15 is 0 Å². The van der Waals surface area contributed by atoms with E-state index in [0.717, 1.165) is 11.5 Å². The summed E-state index contributed by atoms with van der Waals surface area (Å²) in [6.07, 6.45) is 5.33. The van der Waals surface area contributed by atoms with Crippen LogP contribution < -0.4 is 10.1 Å². The van der Waals surface area contributed by atoms with Crippen LogP contribution in [0.2, 0.25) is 0 Å². The summed E-state index contributed by atoms with van der Waals surface area (Å²) in [6.45, 7) is 4.33. The molecule has 19 heavy (non-hydrogen) atoms. The first-order valence-electron chi connectivity index (χ1n) is 7.21. The topological polar surface area (TPSA) is 21.3 Å². The van der Waals surface area contributed by atoms with E-state index in [2.05, 4.69) is 19.2 Å². The van der Waals surface area contributed by atoms with Crippen molar-refractivity contribution in [2.24, 2.45) is 5.92 Å². The monoisotopic (exact) mass is 265 g/mol. The summed E-state index contributed by atoms with van der Waals surface area (Å²) < 4.78 is 18.6. The molecule has 2 atom stereocenters. The molecular weight excluding hydrogens is 241 g/mol. The molecule has 0 bridgehead atoms. The minimum absolute atomic E-state index is 0.163. The summed E-state index contributed by atoms with van der Waals surface area (Å²) >= 11 is 0. The van der Waals surface area contributed by atoms with E-state index in [0.29, 0.717) is 11.8 Å². The predicted octanol–water partition coefficient (Wildman–Crippen LogP) is 4.06. The van der Waals surface area contributed by atoms with Gasteiger partial charge in [0, 0.05) is 12.1 Å². The summed E-state index contributed by atoms with van der Waals surface area (Å²) in [6, 6.07) is 5.85. The van der Waals surface area contributed by atoms with Crippen LogP contribution in [0.4, 0.5) is 4.39 Å². The molecule has 0 aromatic heterocycles. The molecule has 1 fully saturated rings. The Hall–Kier alpha value is -1.09. The average molecular weight is 265 g/mol. The van der Waals surface area contributed by atoms with Crippen molar-refractivity contribution < 1.29 is 9.13 Å². The molecule has 0 amide bonds. The fourth-order valence-corrected chi connectivity index (χ4v) is 3.04. The Kier molecular flexibility index (Phi) is 4.81.